The summed E-state index contributed by atoms with van der Waals surface area (Å²) >= 11 is 0. The maximum atomic E-state index is 13.9. The van der Waals surface area contributed by atoms with E-state index in [4.69, 9.17) is 4.99 Å². The molecule has 35 heavy (non-hydrogen) atoms. The predicted octanol–water partition coefficient (Wildman–Crippen LogP) is 6.95. The average molecular weight is 464 g/mol. The van der Waals surface area contributed by atoms with Crippen molar-refractivity contribution in [2.75, 3.05) is 4.90 Å². The molecule has 174 valence electrons. The standard InChI is InChI=1S/C29H25N3O3/c1-20-4-10-23(11-5-20)28(30-25-14-6-21(2)7-15-25)31(26-16-8-22(3)9-17-26)29(33)24-12-18-27(19-13-24)32(34)35/h4-19H,1-3H3. The fraction of sp³-hybridized carbons (Fsp3) is 0.103. The highest BCUT2D eigenvalue weighted by atomic mass is 16.6. The number of amidine groups is 1. The quantitative estimate of drug-likeness (QED) is 0.139. The SMILES string of the molecule is Cc1ccc(N=C(c2ccc(C)cc2)N(C(=O)c2ccc([N+](=O)[O-])cc2)c2ccc(C)cc2)cc1. The molecule has 0 aliphatic carbocycles. The van der Waals surface area contributed by atoms with Crippen LogP contribution in [0.2, 0.25) is 0 Å². The first-order valence-corrected chi connectivity index (χ1v) is 11.2. The van der Waals surface area contributed by atoms with Crippen LogP contribution in [0.4, 0.5) is 17.1 Å². The molecular formula is C29H25N3O3. The fourth-order valence-corrected chi connectivity index (χ4v) is 3.57. The maximum absolute atomic E-state index is 13.9. The van der Waals surface area contributed by atoms with Gasteiger partial charge in [-0.3, -0.25) is 19.8 Å². The molecule has 6 nitrogen and oxygen atoms in total. The third-order valence-corrected chi connectivity index (χ3v) is 5.61. The number of benzene rings is 4. The first kappa shape index (κ1) is 23.6. The minimum absolute atomic E-state index is 0.0736. The lowest BCUT2D eigenvalue weighted by Crippen LogP contribution is -2.37. The second kappa shape index (κ2) is 10.1. The molecule has 4 aromatic rings. The third-order valence-electron chi connectivity index (χ3n) is 5.61. The van der Waals surface area contributed by atoms with Gasteiger partial charge in [0, 0.05) is 23.3 Å². The highest BCUT2D eigenvalue weighted by molar-refractivity contribution is 6.28. The highest BCUT2D eigenvalue weighted by Crippen LogP contribution is 2.25. The minimum atomic E-state index is -0.484. The molecule has 0 saturated carbocycles. The van der Waals surface area contributed by atoms with Crippen LogP contribution in [-0.2, 0) is 0 Å². The van der Waals surface area contributed by atoms with Gasteiger partial charge in [0.05, 0.1) is 16.3 Å². The molecular weight excluding hydrogens is 438 g/mol. The van der Waals surface area contributed by atoms with E-state index in [1.165, 1.54) is 24.3 Å². The summed E-state index contributed by atoms with van der Waals surface area (Å²) in [5, 5.41) is 11.1. The molecule has 0 fully saturated rings. The summed E-state index contributed by atoms with van der Waals surface area (Å²) in [6, 6.07) is 28.8. The molecule has 1 amide bonds. The third kappa shape index (κ3) is 5.50. The van der Waals surface area contributed by atoms with Crippen molar-refractivity contribution >= 4 is 28.8 Å². The predicted molar refractivity (Wildman–Crippen MR) is 140 cm³/mol. The smallest absolute Gasteiger partial charge is 0.268 e. The van der Waals surface area contributed by atoms with Crippen LogP contribution < -0.4 is 4.90 Å². The van der Waals surface area contributed by atoms with Crippen molar-refractivity contribution in [1.29, 1.82) is 0 Å². The zero-order chi connectivity index (χ0) is 24.9. The number of amides is 1. The normalized spacial score (nSPS) is 11.2. The van der Waals surface area contributed by atoms with Crippen LogP contribution >= 0.6 is 0 Å². The van der Waals surface area contributed by atoms with Gasteiger partial charge >= 0.3 is 0 Å². The Hall–Kier alpha value is -4.58. The molecule has 0 bridgehead atoms. The topological polar surface area (TPSA) is 75.8 Å². The van der Waals surface area contributed by atoms with Crippen molar-refractivity contribution in [3.8, 4) is 0 Å². The van der Waals surface area contributed by atoms with Gasteiger partial charge in [0.15, 0.2) is 0 Å². The number of rotatable bonds is 5. The Morgan fingerprint density at radius 1 is 0.686 bits per heavy atom. The lowest BCUT2D eigenvalue weighted by molar-refractivity contribution is -0.384. The molecule has 0 aliphatic heterocycles. The van der Waals surface area contributed by atoms with Crippen LogP contribution in [0, 0.1) is 30.9 Å². The van der Waals surface area contributed by atoms with E-state index in [1.54, 1.807) is 4.90 Å². The number of nitrogens with zero attached hydrogens (tertiary/aromatic N) is 3. The summed E-state index contributed by atoms with van der Waals surface area (Å²) in [5.74, 6) is 0.122. The number of carbonyl (C=O) groups excluding carboxylic acids is 1. The van der Waals surface area contributed by atoms with E-state index in [-0.39, 0.29) is 11.6 Å². The molecule has 0 heterocycles. The van der Waals surface area contributed by atoms with Gasteiger partial charge in [0.2, 0.25) is 0 Å². The second-order valence-electron chi connectivity index (χ2n) is 8.42. The molecule has 0 radical (unpaired) electrons. The molecule has 4 rings (SSSR count). The van der Waals surface area contributed by atoms with Crippen LogP contribution in [0.3, 0.4) is 0 Å². The Morgan fingerprint density at radius 2 is 1.14 bits per heavy atom. The zero-order valence-corrected chi connectivity index (χ0v) is 19.8. The van der Waals surface area contributed by atoms with Crippen molar-refractivity contribution in [3.05, 3.63) is 135 Å². The van der Waals surface area contributed by atoms with Crippen molar-refractivity contribution in [3.63, 3.8) is 0 Å². The molecule has 0 unspecified atom stereocenters. The van der Waals surface area contributed by atoms with E-state index >= 15 is 0 Å². The van der Waals surface area contributed by atoms with Crippen LogP contribution in [-0.4, -0.2) is 16.7 Å². The number of anilines is 1. The van der Waals surface area contributed by atoms with Gasteiger partial charge in [0.25, 0.3) is 11.6 Å². The van der Waals surface area contributed by atoms with E-state index in [2.05, 4.69) is 0 Å². The monoisotopic (exact) mass is 463 g/mol. The van der Waals surface area contributed by atoms with E-state index in [9.17, 15) is 14.9 Å². The Balaban J connectivity index is 1.90. The second-order valence-corrected chi connectivity index (χ2v) is 8.42. The van der Waals surface area contributed by atoms with E-state index in [1.807, 2.05) is 93.6 Å². The van der Waals surface area contributed by atoms with Crippen LogP contribution in [0.5, 0.6) is 0 Å². The van der Waals surface area contributed by atoms with E-state index < -0.39 is 4.92 Å². The summed E-state index contributed by atoms with van der Waals surface area (Å²) in [6.45, 7) is 5.99. The molecule has 0 aromatic heterocycles. The van der Waals surface area contributed by atoms with Gasteiger partial charge < -0.3 is 0 Å². The average Bonchev–Trinajstić information content (AvgIpc) is 2.86. The molecule has 4 aromatic carbocycles. The number of non-ortho nitro benzene ring substituents is 1. The number of hydrogen-bond acceptors (Lipinski definition) is 4. The van der Waals surface area contributed by atoms with Crippen molar-refractivity contribution in [1.82, 2.24) is 0 Å². The summed E-state index contributed by atoms with van der Waals surface area (Å²) in [7, 11) is 0. The van der Waals surface area contributed by atoms with Gasteiger partial charge in [0.1, 0.15) is 5.84 Å². The van der Waals surface area contributed by atoms with Gasteiger partial charge in [-0.1, -0.05) is 65.2 Å². The van der Waals surface area contributed by atoms with Crippen LogP contribution in [0.15, 0.2) is 102 Å². The zero-order valence-electron chi connectivity index (χ0n) is 19.8. The van der Waals surface area contributed by atoms with E-state index in [0.717, 1.165) is 22.3 Å². The number of aryl methyl sites for hydroxylation is 3. The minimum Gasteiger partial charge on any atom is -0.268 e. The molecule has 0 atom stereocenters. The Labute approximate surface area is 204 Å². The molecule has 6 heteroatoms. The molecule has 0 aliphatic rings. The number of carbonyl (C=O) groups is 1. The number of nitro groups is 1. The first-order chi connectivity index (χ1) is 16.8. The van der Waals surface area contributed by atoms with Gasteiger partial charge in [-0.2, -0.15) is 0 Å². The van der Waals surface area contributed by atoms with Crippen LogP contribution in [0.1, 0.15) is 32.6 Å². The van der Waals surface area contributed by atoms with Crippen molar-refractivity contribution < 1.29 is 9.72 Å². The van der Waals surface area contributed by atoms with Gasteiger partial charge in [-0.15, -0.1) is 0 Å². The summed E-state index contributed by atoms with van der Waals surface area (Å²) in [5.41, 5.74) is 5.63. The van der Waals surface area contributed by atoms with E-state index in [0.29, 0.717) is 22.8 Å². The highest BCUT2D eigenvalue weighted by Gasteiger charge is 2.25. The molecule has 0 saturated heterocycles. The number of nitro benzene ring substituents is 1. The summed E-state index contributed by atoms with van der Waals surface area (Å²) in [4.78, 5) is 31.0. The lowest BCUT2D eigenvalue weighted by atomic mass is 10.1. The molecule has 0 spiro atoms. The summed E-state index contributed by atoms with van der Waals surface area (Å²) < 4.78 is 0. The number of aliphatic imine (C=N–C) groups is 1. The number of hydrogen-bond donors (Lipinski definition) is 0. The fourth-order valence-electron chi connectivity index (χ4n) is 3.57. The Kier molecular flexibility index (Phi) is 6.83. The lowest BCUT2D eigenvalue weighted by Gasteiger charge is -2.25. The first-order valence-electron chi connectivity index (χ1n) is 11.2. The molecule has 0 N–H and O–H groups in total. The van der Waals surface area contributed by atoms with Crippen molar-refractivity contribution in [2.24, 2.45) is 4.99 Å². The van der Waals surface area contributed by atoms with Crippen LogP contribution in [0.25, 0.3) is 0 Å². The van der Waals surface area contributed by atoms with Gasteiger partial charge in [-0.05, 0) is 57.2 Å². The van der Waals surface area contributed by atoms with Gasteiger partial charge in [-0.25, -0.2) is 4.99 Å². The Bertz CT molecular complexity index is 1370. The van der Waals surface area contributed by atoms with Crippen molar-refractivity contribution in [2.45, 2.75) is 20.8 Å². The maximum Gasteiger partial charge on any atom is 0.269 e. The summed E-state index contributed by atoms with van der Waals surface area (Å²) in [6.07, 6.45) is 0. The largest absolute Gasteiger partial charge is 0.269 e. The Morgan fingerprint density at radius 3 is 1.66 bits per heavy atom.